The summed E-state index contributed by atoms with van der Waals surface area (Å²) in [6, 6.07) is 8.09. The zero-order chi connectivity index (χ0) is 10.2. The first kappa shape index (κ1) is 9.02. The van der Waals surface area contributed by atoms with Crippen LogP contribution in [-0.4, -0.2) is 0 Å². The topological polar surface area (TPSA) is 23.8 Å². The Labute approximate surface area is 84.7 Å². The van der Waals surface area contributed by atoms with Crippen LogP contribution in [0.2, 0.25) is 0 Å². The second-order valence-electron chi connectivity index (χ2n) is 4.52. The smallest absolute Gasteiger partial charge is 0.0991 e. The highest BCUT2D eigenvalue weighted by Crippen LogP contribution is 2.31. The molecule has 0 saturated carbocycles. The quantitative estimate of drug-likeness (QED) is 0.606. The summed E-state index contributed by atoms with van der Waals surface area (Å²) in [5.41, 5.74) is 3.54. The highest BCUT2D eigenvalue weighted by molar-refractivity contribution is 5.60. The van der Waals surface area contributed by atoms with Gasteiger partial charge in [-0.2, -0.15) is 5.26 Å². The van der Waals surface area contributed by atoms with E-state index in [-0.39, 0.29) is 5.41 Å². The van der Waals surface area contributed by atoms with Crippen LogP contribution in [0.5, 0.6) is 0 Å². The van der Waals surface area contributed by atoms with E-state index in [0.717, 1.165) is 12.0 Å². The lowest BCUT2D eigenvalue weighted by atomic mass is 9.79. The van der Waals surface area contributed by atoms with Gasteiger partial charge in [-0.1, -0.05) is 32.1 Å². The van der Waals surface area contributed by atoms with E-state index in [9.17, 15) is 0 Å². The highest BCUT2D eigenvalue weighted by atomic mass is 14.3. The van der Waals surface area contributed by atoms with Crippen LogP contribution in [0.25, 0.3) is 6.08 Å². The molecule has 1 nitrogen and oxygen atoms in total. The van der Waals surface area contributed by atoms with Gasteiger partial charge in [-0.3, -0.25) is 0 Å². The molecule has 1 aromatic rings. The van der Waals surface area contributed by atoms with Crippen molar-refractivity contribution in [2.75, 3.05) is 0 Å². The molecule has 14 heavy (non-hydrogen) atoms. The summed E-state index contributed by atoms with van der Waals surface area (Å²) in [7, 11) is 0. The van der Waals surface area contributed by atoms with Crippen molar-refractivity contribution in [2.24, 2.45) is 5.41 Å². The molecule has 0 unspecified atom stereocenters. The van der Waals surface area contributed by atoms with Gasteiger partial charge in [0, 0.05) is 0 Å². The maximum Gasteiger partial charge on any atom is 0.0991 e. The fourth-order valence-electron chi connectivity index (χ4n) is 1.85. The van der Waals surface area contributed by atoms with Crippen LogP contribution in [-0.2, 0) is 6.42 Å². The normalized spacial score (nSPS) is 17.2. The molecule has 1 aromatic carbocycles. The van der Waals surface area contributed by atoms with Gasteiger partial charge < -0.3 is 0 Å². The molecule has 0 saturated heterocycles. The number of nitrogens with zero attached hydrogens (tertiary/aromatic N) is 1. The standard InChI is InChI=1S/C13H13N/c1-13(2)6-5-11-7-10(9-14)3-4-12(11)8-13/h3-7H,8H2,1-2H3. The van der Waals surface area contributed by atoms with Crippen LogP contribution >= 0.6 is 0 Å². The zero-order valence-corrected chi connectivity index (χ0v) is 8.54. The van der Waals surface area contributed by atoms with Crippen LogP contribution in [0.4, 0.5) is 0 Å². The molecule has 0 spiro atoms. The van der Waals surface area contributed by atoms with E-state index in [1.807, 2.05) is 12.1 Å². The lowest BCUT2D eigenvalue weighted by Gasteiger charge is -2.25. The number of rotatable bonds is 0. The molecule has 0 amide bonds. The molecule has 0 bridgehead atoms. The van der Waals surface area contributed by atoms with Crippen molar-refractivity contribution in [3.05, 3.63) is 41.0 Å². The SMILES string of the molecule is CC1(C)C=Cc2cc(C#N)ccc2C1. The van der Waals surface area contributed by atoms with Crippen LogP contribution in [0, 0.1) is 16.7 Å². The fourth-order valence-corrected chi connectivity index (χ4v) is 1.85. The van der Waals surface area contributed by atoms with Crippen molar-refractivity contribution in [3.8, 4) is 6.07 Å². The second kappa shape index (κ2) is 2.99. The minimum absolute atomic E-state index is 0.251. The van der Waals surface area contributed by atoms with Gasteiger partial charge in [0.1, 0.15) is 0 Å². The monoisotopic (exact) mass is 183 g/mol. The van der Waals surface area contributed by atoms with E-state index in [0.29, 0.717) is 0 Å². The molecule has 2 rings (SSSR count). The Morgan fingerprint density at radius 1 is 1.36 bits per heavy atom. The lowest BCUT2D eigenvalue weighted by molar-refractivity contribution is 0.475. The third kappa shape index (κ3) is 1.56. The summed E-state index contributed by atoms with van der Waals surface area (Å²) in [6.45, 7) is 4.45. The maximum absolute atomic E-state index is 8.77. The van der Waals surface area contributed by atoms with Crippen molar-refractivity contribution in [1.29, 1.82) is 5.26 Å². The number of allylic oxidation sites excluding steroid dienone is 1. The maximum atomic E-state index is 8.77. The van der Waals surface area contributed by atoms with E-state index in [2.05, 4.69) is 38.1 Å². The average molecular weight is 183 g/mol. The Bertz CT molecular complexity index is 433. The van der Waals surface area contributed by atoms with E-state index < -0.39 is 0 Å². The first-order valence-electron chi connectivity index (χ1n) is 4.83. The van der Waals surface area contributed by atoms with E-state index in [1.165, 1.54) is 11.1 Å². The van der Waals surface area contributed by atoms with Gasteiger partial charge in [-0.15, -0.1) is 0 Å². The van der Waals surface area contributed by atoms with Crippen molar-refractivity contribution in [3.63, 3.8) is 0 Å². The van der Waals surface area contributed by atoms with Gasteiger partial charge in [0.2, 0.25) is 0 Å². The van der Waals surface area contributed by atoms with Crippen LogP contribution in [0.1, 0.15) is 30.5 Å². The first-order valence-corrected chi connectivity index (χ1v) is 4.83. The van der Waals surface area contributed by atoms with E-state index in [1.54, 1.807) is 0 Å². The van der Waals surface area contributed by atoms with Crippen molar-refractivity contribution in [2.45, 2.75) is 20.3 Å². The van der Waals surface area contributed by atoms with E-state index >= 15 is 0 Å². The minimum Gasteiger partial charge on any atom is -0.192 e. The van der Waals surface area contributed by atoms with E-state index in [4.69, 9.17) is 5.26 Å². The number of fused-ring (bicyclic) bond motifs is 1. The fraction of sp³-hybridized carbons (Fsp3) is 0.308. The summed E-state index contributed by atoms with van der Waals surface area (Å²) in [4.78, 5) is 0. The van der Waals surface area contributed by atoms with Gasteiger partial charge in [0.15, 0.2) is 0 Å². The average Bonchev–Trinajstić information content (AvgIpc) is 2.16. The Morgan fingerprint density at radius 2 is 2.14 bits per heavy atom. The lowest BCUT2D eigenvalue weighted by Crippen LogP contribution is -2.15. The van der Waals surface area contributed by atoms with Gasteiger partial charge in [-0.05, 0) is 35.1 Å². The minimum atomic E-state index is 0.251. The van der Waals surface area contributed by atoms with Crippen LogP contribution in [0.15, 0.2) is 24.3 Å². The molecule has 0 aliphatic heterocycles. The molecule has 1 heteroatoms. The van der Waals surface area contributed by atoms with Gasteiger partial charge in [0.25, 0.3) is 0 Å². The second-order valence-corrected chi connectivity index (χ2v) is 4.52. The molecular weight excluding hydrogens is 170 g/mol. The predicted octanol–water partition coefficient (Wildman–Crippen LogP) is 3.15. The van der Waals surface area contributed by atoms with Gasteiger partial charge in [0.05, 0.1) is 11.6 Å². The van der Waals surface area contributed by atoms with Crippen molar-refractivity contribution < 1.29 is 0 Å². The Kier molecular flexibility index (Phi) is 1.93. The summed E-state index contributed by atoms with van der Waals surface area (Å²) in [6.07, 6.45) is 5.40. The molecule has 0 radical (unpaired) electrons. The number of benzene rings is 1. The molecule has 70 valence electrons. The number of hydrogen-bond acceptors (Lipinski definition) is 1. The summed E-state index contributed by atoms with van der Waals surface area (Å²) < 4.78 is 0. The highest BCUT2D eigenvalue weighted by Gasteiger charge is 2.20. The van der Waals surface area contributed by atoms with Crippen LogP contribution in [0.3, 0.4) is 0 Å². The summed E-state index contributed by atoms with van der Waals surface area (Å²) in [5.74, 6) is 0. The van der Waals surface area contributed by atoms with Gasteiger partial charge in [-0.25, -0.2) is 0 Å². The van der Waals surface area contributed by atoms with Crippen molar-refractivity contribution in [1.82, 2.24) is 0 Å². The summed E-state index contributed by atoms with van der Waals surface area (Å²) >= 11 is 0. The predicted molar refractivity (Wildman–Crippen MR) is 57.7 cm³/mol. The first-order chi connectivity index (χ1) is 6.61. The van der Waals surface area contributed by atoms with Gasteiger partial charge >= 0.3 is 0 Å². The Hall–Kier alpha value is -1.55. The largest absolute Gasteiger partial charge is 0.192 e. The molecule has 1 aliphatic carbocycles. The Balaban J connectivity index is 2.47. The molecule has 1 aliphatic rings. The number of hydrogen-bond donors (Lipinski definition) is 0. The molecular formula is C13H13N. The number of nitriles is 1. The third-order valence-electron chi connectivity index (χ3n) is 2.64. The Morgan fingerprint density at radius 3 is 2.86 bits per heavy atom. The summed E-state index contributed by atoms with van der Waals surface area (Å²) in [5, 5.41) is 8.77. The third-order valence-corrected chi connectivity index (χ3v) is 2.64. The van der Waals surface area contributed by atoms with Crippen molar-refractivity contribution >= 4 is 6.08 Å². The zero-order valence-electron chi connectivity index (χ0n) is 8.54. The molecule has 0 aromatic heterocycles. The molecule has 0 fully saturated rings. The van der Waals surface area contributed by atoms with Crippen LogP contribution < -0.4 is 0 Å². The molecule has 0 heterocycles. The molecule has 0 atom stereocenters. The molecule has 0 N–H and O–H groups in total.